The van der Waals surface area contributed by atoms with Crippen molar-refractivity contribution >= 4 is 0 Å². The van der Waals surface area contributed by atoms with Gasteiger partial charge in [-0.2, -0.15) is 0 Å². The third kappa shape index (κ3) is 3.01. The molecule has 0 aromatic heterocycles. The summed E-state index contributed by atoms with van der Waals surface area (Å²) in [5.74, 6) is 1.47. The highest BCUT2D eigenvalue weighted by molar-refractivity contribution is 5.52. The molecule has 0 saturated carbocycles. The van der Waals surface area contributed by atoms with Crippen LogP contribution in [-0.2, 0) is 6.42 Å². The molecule has 0 radical (unpaired) electrons. The van der Waals surface area contributed by atoms with Crippen LogP contribution in [0.25, 0.3) is 0 Å². The fraction of sp³-hybridized carbons (Fsp3) is 0.500. The van der Waals surface area contributed by atoms with Crippen LogP contribution >= 0.6 is 0 Å². The molecule has 100 valence electrons. The second kappa shape index (κ2) is 5.39. The molecule has 2 rings (SSSR count). The molecule has 0 saturated heterocycles. The van der Waals surface area contributed by atoms with Gasteiger partial charge in [0.05, 0.1) is 0 Å². The maximum Gasteiger partial charge on any atom is 0.272 e. The molecule has 1 aromatic rings. The minimum Gasteiger partial charge on any atom is -0.487 e. The van der Waals surface area contributed by atoms with Gasteiger partial charge in [-0.1, -0.05) is 0 Å². The number of hydrogen-bond acceptors (Lipinski definition) is 4. The maximum atomic E-state index is 12.2. The van der Waals surface area contributed by atoms with Gasteiger partial charge in [0.2, 0.25) is 6.79 Å². The van der Waals surface area contributed by atoms with Crippen LogP contribution in [0.15, 0.2) is 12.1 Å². The van der Waals surface area contributed by atoms with Crippen molar-refractivity contribution in [2.75, 3.05) is 13.4 Å². The third-order valence-electron chi connectivity index (χ3n) is 2.46. The van der Waals surface area contributed by atoms with E-state index in [1.807, 2.05) is 6.92 Å². The molecule has 6 heteroatoms. The number of nitrogens with two attached hydrogens (primary N) is 1. The van der Waals surface area contributed by atoms with E-state index in [9.17, 15) is 8.78 Å². The highest BCUT2D eigenvalue weighted by Gasteiger charge is 2.19. The Morgan fingerprint density at radius 3 is 2.61 bits per heavy atom. The normalized spacial score (nSPS) is 14.9. The number of benzene rings is 1. The van der Waals surface area contributed by atoms with E-state index in [0.717, 1.165) is 5.56 Å². The van der Waals surface area contributed by atoms with Crippen molar-refractivity contribution in [2.24, 2.45) is 5.73 Å². The second-order valence-electron chi connectivity index (χ2n) is 4.20. The van der Waals surface area contributed by atoms with Crippen LogP contribution in [-0.4, -0.2) is 25.9 Å². The van der Waals surface area contributed by atoms with Crippen molar-refractivity contribution in [1.29, 1.82) is 0 Å². The molecule has 2 N–H and O–H groups in total. The Bertz CT molecular complexity index is 424. The van der Waals surface area contributed by atoms with E-state index in [-0.39, 0.29) is 12.8 Å². The van der Waals surface area contributed by atoms with Crippen LogP contribution in [0.3, 0.4) is 0 Å². The van der Waals surface area contributed by atoms with Crippen LogP contribution in [0.1, 0.15) is 12.5 Å². The minimum absolute atomic E-state index is 0.0979. The molecule has 1 heterocycles. The molecule has 0 amide bonds. The first-order chi connectivity index (χ1) is 8.56. The average molecular weight is 259 g/mol. The Morgan fingerprint density at radius 2 is 2.00 bits per heavy atom. The summed E-state index contributed by atoms with van der Waals surface area (Å²) < 4.78 is 39.9. The van der Waals surface area contributed by atoms with Gasteiger partial charge in [-0.3, -0.25) is 0 Å². The van der Waals surface area contributed by atoms with Crippen LogP contribution in [0, 0.1) is 0 Å². The lowest BCUT2D eigenvalue weighted by molar-refractivity contribution is 0.0812. The topological polar surface area (TPSA) is 53.7 Å². The van der Waals surface area contributed by atoms with E-state index in [2.05, 4.69) is 0 Å². The first-order valence-electron chi connectivity index (χ1n) is 5.65. The van der Waals surface area contributed by atoms with E-state index in [1.165, 1.54) is 0 Å². The quantitative estimate of drug-likeness (QED) is 0.878. The summed E-state index contributed by atoms with van der Waals surface area (Å²) in [6.07, 6.45) is -1.99. The molecule has 4 nitrogen and oxygen atoms in total. The zero-order chi connectivity index (χ0) is 13.1. The Hall–Kier alpha value is -1.56. The number of halogens is 2. The molecule has 18 heavy (non-hydrogen) atoms. The SMILES string of the molecule is CC(N)Cc1cc2c(cc1OCC(F)F)OCO2. The van der Waals surface area contributed by atoms with Gasteiger partial charge in [0, 0.05) is 12.1 Å². The van der Waals surface area contributed by atoms with Gasteiger partial charge in [0.25, 0.3) is 6.43 Å². The van der Waals surface area contributed by atoms with Crippen LogP contribution in [0.2, 0.25) is 0 Å². The smallest absolute Gasteiger partial charge is 0.272 e. The summed E-state index contributed by atoms with van der Waals surface area (Å²) in [7, 11) is 0. The monoisotopic (exact) mass is 259 g/mol. The van der Waals surface area contributed by atoms with Crippen LogP contribution in [0.5, 0.6) is 17.2 Å². The number of alkyl halides is 2. The zero-order valence-corrected chi connectivity index (χ0v) is 9.99. The van der Waals surface area contributed by atoms with E-state index in [1.54, 1.807) is 12.1 Å². The van der Waals surface area contributed by atoms with Crippen LogP contribution < -0.4 is 19.9 Å². The van der Waals surface area contributed by atoms with Gasteiger partial charge in [0.1, 0.15) is 12.4 Å². The highest BCUT2D eigenvalue weighted by atomic mass is 19.3. The predicted molar refractivity (Wildman–Crippen MR) is 61.4 cm³/mol. The van der Waals surface area contributed by atoms with Gasteiger partial charge in [-0.05, 0) is 25.0 Å². The molecule has 0 aliphatic carbocycles. The van der Waals surface area contributed by atoms with Gasteiger partial charge < -0.3 is 19.9 Å². The largest absolute Gasteiger partial charge is 0.487 e. The summed E-state index contributed by atoms with van der Waals surface area (Å²) in [4.78, 5) is 0. The number of rotatable bonds is 5. The molecule has 0 spiro atoms. The molecule has 1 aliphatic heterocycles. The van der Waals surface area contributed by atoms with E-state index < -0.39 is 13.0 Å². The van der Waals surface area contributed by atoms with Crippen molar-refractivity contribution in [3.63, 3.8) is 0 Å². The molecule has 1 aliphatic rings. The van der Waals surface area contributed by atoms with Gasteiger partial charge in [-0.15, -0.1) is 0 Å². The lowest BCUT2D eigenvalue weighted by atomic mass is 10.1. The third-order valence-corrected chi connectivity index (χ3v) is 2.46. The Balaban J connectivity index is 2.23. The first kappa shape index (κ1) is 12.9. The summed E-state index contributed by atoms with van der Waals surface area (Å²) in [5, 5.41) is 0. The van der Waals surface area contributed by atoms with E-state index in [4.69, 9.17) is 19.9 Å². The predicted octanol–water partition coefficient (Wildman–Crippen LogP) is 1.95. The van der Waals surface area contributed by atoms with Crippen molar-refractivity contribution in [3.05, 3.63) is 17.7 Å². The summed E-state index contributed by atoms with van der Waals surface area (Å²) >= 11 is 0. The minimum atomic E-state index is -2.52. The number of ether oxygens (including phenoxy) is 3. The van der Waals surface area contributed by atoms with Crippen molar-refractivity contribution < 1.29 is 23.0 Å². The Labute approximate surface area is 104 Å². The zero-order valence-electron chi connectivity index (χ0n) is 9.99. The molecule has 0 fully saturated rings. The van der Waals surface area contributed by atoms with Crippen molar-refractivity contribution in [3.8, 4) is 17.2 Å². The highest BCUT2D eigenvalue weighted by Crippen LogP contribution is 2.38. The van der Waals surface area contributed by atoms with Gasteiger partial charge in [-0.25, -0.2) is 8.78 Å². The molecular weight excluding hydrogens is 244 g/mol. The standard InChI is InChI=1S/C12H15F2NO3/c1-7(15)2-8-3-10-11(18-6-17-10)4-9(8)16-5-12(13)14/h3-4,7,12H,2,5-6,15H2,1H3. The Kier molecular flexibility index (Phi) is 3.86. The lowest BCUT2D eigenvalue weighted by Gasteiger charge is -2.13. The first-order valence-corrected chi connectivity index (χ1v) is 5.65. The van der Waals surface area contributed by atoms with E-state index >= 15 is 0 Å². The van der Waals surface area contributed by atoms with Gasteiger partial charge >= 0.3 is 0 Å². The molecule has 1 unspecified atom stereocenters. The second-order valence-corrected chi connectivity index (χ2v) is 4.20. The molecule has 1 atom stereocenters. The fourth-order valence-corrected chi connectivity index (χ4v) is 1.76. The summed E-state index contributed by atoms with van der Waals surface area (Å²) in [6, 6.07) is 3.20. The summed E-state index contributed by atoms with van der Waals surface area (Å²) in [5.41, 5.74) is 6.46. The number of hydrogen-bond donors (Lipinski definition) is 1. The lowest BCUT2D eigenvalue weighted by Crippen LogP contribution is -2.19. The fourth-order valence-electron chi connectivity index (χ4n) is 1.76. The summed E-state index contributed by atoms with van der Waals surface area (Å²) in [6.45, 7) is 1.32. The molecule has 1 aromatic carbocycles. The Morgan fingerprint density at radius 1 is 1.33 bits per heavy atom. The van der Waals surface area contributed by atoms with Crippen molar-refractivity contribution in [1.82, 2.24) is 0 Å². The van der Waals surface area contributed by atoms with E-state index in [0.29, 0.717) is 23.7 Å². The molecular formula is C12H15F2NO3. The molecule has 0 bridgehead atoms. The van der Waals surface area contributed by atoms with Gasteiger partial charge in [0.15, 0.2) is 11.5 Å². The average Bonchev–Trinajstić information content (AvgIpc) is 2.71. The maximum absolute atomic E-state index is 12.2. The van der Waals surface area contributed by atoms with Crippen molar-refractivity contribution in [2.45, 2.75) is 25.8 Å². The van der Waals surface area contributed by atoms with Crippen LogP contribution in [0.4, 0.5) is 8.78 Å². The number of fused-ring (bicyclic) bond motifs is 1.